The zero-order chi connectivity index (χ0) is 20.0. The molecule has 1 aromatic carbocycles. The standard InChI is InChI=1S/C19H25N3O4S/c1-5-26-18-12-15(10-11-20-18)13-21-19(23)16-6-8-17(9-7-16)27(24,25)22(4)14(2)3/h6-12,14H,5,13H2,1-4H3,(H,21,23). The Morgan fingerprint density at radius 1 is 1.22 bits per heavy atom. The number of nitrogens with zero attached hydrogens (tertiary/aromatic N) is 2. The highest BCUT2D eigenvalue weighted by molar-refractivity contribution is 7.89. The van der Waals surface area contributed by atoms with Gasteiger partial charge in [-0.25, -0.2) is 13.4 Å². The highest BCUT2D eigenvalue weighted by Crippen LogP contribution is 2.17. The maximum absolute atomic E-state index is 12.5. The van der Waals surface area contributed by atoms with Crippen molar-refractivity contribution in [2.24, 2.45) is 0 Å². The molecule has 2 rings (SSSR count). The lowest BCUT2D eigenvalue weighted by atomic mass is 10.2. The summed E-state index contributed by atoms with van der Waals surface area (Å²) < 4.78 is 31.5. The molecule has 0 spiro atoms. The number of benzene rings is 1. The van der Waals surface area contributed by atoms with Gasteiger partial charge in [-0.1, -0.05) is 0 Å². The molecule has 0 fully saturated rings. The van der Waals surface area contributed by atoms with Gasteiger partial charge < -0.3 is 10.1 Å². The lowest BCUT2D eigenvalue weighted by Crippen LogP contribution is -2.33. The van der Waals surface area contributed by atoms with Gasteiger partial charge in [0, 0.05) is 37.5 Å². The van der Waals surface area contributed by atoms with Crippen molar-refractivity contribution in [3.05, 3.63) is 53.7 Å². The third-order valence-corrected chi connectivity index (χ3v) is 6.11. The van der Waals surface area contributed by atoms with E-state index < -0.39 is 10.0 Å². The van der Waals surface area contributed by atoms with E-state index >= 15 is 0 Å². The first-order valence-corrected chi connectivity index (χ1v) is 10.1. The minimum absolute atomic E-state index is 0.153. The monoisotopic (exact) mass is 391 g/mol. The SMILES string of the molecule is CCOc1cc(CNC(=O)c2ccc(S(=O)(=O)N(C)C(C)C)cc2)ccn1. The van der Waals surface area contributed by atoms with E-state index in [4.69, 9.17) is 4.74 Å². The quantitative estimate of drug-likeness (QED) is 0.747. The van der Waals surface area contributed by atoms with E-state index in [1.54, 1.807) is 32.2 Å². The Morgan fingerprint density at radius 3 is 2.48 bits per heavy atom. The van der Waals surface area contributed by atoms with Gasteiger partial charge in [0.25, 0.3) is 5.91 Å². The zero-order valence-corrected chi connectivity index (χ0v) is 16.8. The molecule has 0 saturated carbocycles. The summed E-state index contributed by atoms with van der Waals surface area (Å²) in [5.74, 6) is 0.221. The molecule has 7 nitrogen and oxygen atoms in total. The van der Waals surface area contributed by atoms with Crippen molar-refractivity contribution in [2.75, 3.05) is 13.7 Å². The van der Waals surface area contributed by atoms with E-state index in [2.05, 4.69) is 10.3 Å². The lowest BCUT2D eigenvalue weighted by Gasteiger charge is -2.21. The fraction of sp³-hybridized carbons (Fsp3) is 0.368. The third kappa shape index (κ3) is 5.27. The first-order valence-electron chi connectivity index (χ1n) is 8.69. The largest absolute Gasteiger partial charge is 0.478 e. The van der Waals surface area contributed by atoms with Gasteiger partial charge in [-0.3, -0.25) is 4.79 Å². The van der Waals surface area contributed by atoms with Crippen molar-refractivity contribution in [3.63, 3.8) is 0 Å². The van der Waals surface area contributed by atoms with Gasteiger partial charge >= 0.3 is 0 Å². The smallest absolute Gasteiger partial charge is 0.251 e. The van der Waals surface area contributed by atoms with Gasteiger partial charge in [-0.15, -0.1) is 0 Å². The second-order valence-corrected chi connectivity index (χ2v) is 8.25. The van der Waals surface area contributed by atoms with Gasteiger partial charge in [0.2, 0.25) is 15.9 Å². The Morgan fingerprint density at radius 2 is 1.89 bits per heavy atom. The van der Waals surface area contributed by atoms with Crippen LogP contribution in [0.5, 0.6) is 5.88 Å². The molecule has 0 radical (unpaired) electrons. The number of carbonyl (C=O) groups excluding carboxylic acids is 1. The average molecular weight is 391 g/mol. The number of carbonyl (C=O) groups is 1. The lowest BCUT2D eigenvalue weighted by molar-refractivity contribution is 0.0950. The van der Waals surface area contributed by atoms with Crippen LogP contribution in [0.25, 0.3) is 0 Å². The summed E-state index contributed by atoms with van der Waals surface area (Å²) in [6, 6.07) is 9.32. The van der Waals surface area contributed by atoms with Gasteiger partial charge in [0.05, 0.1) is 11.5 Å². The summed E-state index contributed by atoms with van der Waals surface area (Å²) in [4.78, 5) is 16.5. The van der Waals surface area contributed by atoms with Crippen molar-refractivity contribution in [2.45, 2.75) is 38.3 Å². The number of pyridine rings is 1. The summed E-state index contributed by atoms with van der Waals surface area (Å²) in [7, 11) is -2.03. The molecule has 2 aromatic rings. The second kappa shape index (κ2) is 8.96. The molecular weight excluding hydrogens is 366 g/mol. The molecule has 0 bridgehead atoms. The number of aromatic nitrogens is 1. The molecule has 0 unspecified atom stereocenters. The Labute approximate surface area is 160 Å². The van der Waals surface area contributed by atoms with Crippen LogP contribution in [0.15, 0.2) is 47.5 Å². The molecule has 1 heterocycles. The second-order valence-electron chi connectivity index (χ2n) is 6.26. The Hall–Kier alpha value is -2.45. The molecule has 0 aliphatic carbocycles. The summed E-state index contributed by atoms with van der Waals surface area (Å²) >= 11 is 0. The van der Waals surface area contributed by atoms with Crippen molar-refractivity contribution in [1.82, 2.24) is 14.6 Å². The zero-order valence-electron chi connectivity index (χ0n) is 16.0. The summed E-state index contributed by atoms with van der Waals surface area (Å²) in [5.41, 5.74) is 1.25. The molecule has 0 aliphatic rings. The molecule has 8 heteroatoms. The molecule has 27 heavy (non-hydrogen) atoms. The van der Waals surface area contributed by atoms with Crippen LogP contribution < -0.4 is 10.1 Å². The molecule has 146 valence electrons. The Balaban J connectivity index is 2.05. The fourth-order valence-electron chi connectivity index (χ4n) is 2.29. The van der Waals surface area contributed by atoms with E-state index in [0.29, 0.717) is 24.6 Å². The van der Waals surface area contributed by atoms with Crippen LogP contribution in [0, 0.1) is 0 Å². The number of ether oxygens (including phenoxy) is 1. The molecule has 1 amide bonds. The van der Waals surface area contributed by atoms with Crippen molar-refractivity contribution >= 4 is 15.9 Å². The average Bonchev–Trinajstić information content (AvgIpc) is 2.66. The van der Waals surface area contributed by atoms with Crippen LogP contribution in [-0.2, 0) is 16.6 Å². The van der Waals surface area contributed by atoms with E-state index in [-0.39, 0.29) is 16.8 Å². The van der Waals surface area contributed by atoms with Gasteiger partial charge in [0.15, 0.2) is 0 Å². The third-order valence-electron chi connectivity index (χ3n) is 4.07. The maximum Gasteiger partial charge on any atom is 0.251 e. The first kappa shape index (κ1) is 20.9. The van der Waals surface area contributed by atoms with Crippen LogP contribution in [-0.4, -0.2) is 43.3 Å². The van der Waals surface area contributed by atoms with Gasteiger partial charge in [-0.05, 0) is 56.7 Å². The highest BCUT2D eigenvalue weighted by atomic mass is 32.2. The van der Waals surface area contributed by atoms with E-state index in [1.165, 1.54) is 35.6 Å². The van der Waals surface area contributed by atoms with Gasteiger partial charge in [0.1, 0.15) is 0 Å². The predicted octanol–water partition coefficient (Wildman–Crippen LogP) is 2.44. The number of hydrogen-bond donors (Lipinski definition) is 1. The van der Waals surface area contributed by atoms with Crippen molar-refractivity contribution < 1.29 is 17.9 Å². The Kier molecular flexibility index (Phi) is 6.92. The number of hydrogen-bond acceptors (Lipinski definition) is 5. The molecule has 1 aromatic heterocycles. The topological polar surface area (TPSA) is 88.6 Å². The maximum atomic E-state index is 12.5. The number of sulfonamides is 1. The van der Waals surface area contributed by atoms with E-state index in [0.717, 1.165) is 5.56 Å². The number of nitrogens with one attached hydrogen (secondary N) is 1. The normalized spacial score (nSPS) is 11.6. The highest BCUT2D eigenvalue weighted by Gasteiger charge is 2.23. The summed E-state index contributed by atoms with van der Waals surface area (Å²) in [5, 5.41) is 2.80. The number of amides is 1. The first-order chi connectivity index (χ1) is 12.8. The minimum Gasteiger partial charge on any atom is -0.478 e. The summed E-state index contributed by atoms with van der Waals surface area (Å²) in [6.45, 7) is 6.31. The van der Waals surface area contributed by atoms with E-state index in [1.807, 2.05) is 6.92 Å². The summed E-state index contributed by atoms with van der Waals surface area (Å²) in [6.07, 6.45) is 1.62. The molecule has 0 saturated heterocycles. The molecule has 0 atom stereocenters. The van der Waals surface area contributed by atoms with Crippen molar-refractivity contribution in [1.29, 1.82) is 0 Å². The van der Waals surface area contributed by atoms with Crippen LogP contribution in [0.2, 0.25) is 0 Å². The molecule has 0 aliphatic heterocycles. The van der Waals surface area contributed by atoms with Crippen LogP contribution >= 0.6 is 0 Å². The Bertz CT molecular complexity index is 880. The number of rotatable bonds is 8. The van der Waals surface area contributed by atoms with Crippen molar-refractivity contribution in [3.8, 4) is 5.88 Å². The molecular formula is C19H25N3O4S. The minimum atomic E-state index is -3.57. The molecule has 1 N–H and O–H groups in total. The van der Waals surface area contributed by atoms with Crippen LogP contribution in [0.3, 0.4) is 0 Å². The fourth-order valence-corrected chi connectivity index (χ4v) is 3.66. The van der Waals surface area contributed by atoms with E-state index in [9.17, 15) is 13.2 Å². The van der Waals surface area contributed by atoms with Crippen LogP contribution in [0.4, 0.5) is 0 Å². The van der Waals surface area contributed by atoms with Crippen LogP contribution in [0.1, 0.15) is 36.7 Å². The van der Waals surface area contributed by atoms with Gasteiger partial charge in [-0.2, -0.15) is 4.31 Å². The predicted molar refractivity (Wildman–Crippen MR) is 103 cm³/mol.